The summed E-state index contributed by atoms with van der Waals surface area (Å²) in [5.74, 6) is -0.0327. The number of methoxy groups -OCH3 is 1. The molecule has 1 aromatic heterocycles. The van der Waals surface area contributed by atoms with E-state index in [-0.39, 0.29) is 5.56 Å². The number of aliphatic imine (C=N–C) groups is 1. The first-order chi connectivity index (χ1) is 10.4. The van der Waals surface area contributed by atoms with E-state index in [0.29, 0.717) is 16.5 Å². The van der Waals surface area contributed by atoms with Gasteiger partial charge in [-0.05, 0) is 12.1 Å². The van der Waals surface area contributed by atoms with E-state index in [4.69, 9.17) is 16.3 Å². The number of ether oxygens (including phenoxy) is 1. The van der Waals surface area contributed by atoms with Crippen LogP contribution in [-0.2, 0) is 14.1 Å². The van der Waals surface area contributed by atoms with Crippen LogP contribution in [0.15, 0.2) is 32.8 Å². The summed E-state index contributed by atoms with van der Waals surface area (Å²) in [6.07, 6.45) is 1.18. The summed E-state index contributed by atoms with van der Waals surface area (Å²) in [5, 5.41) is 10.4. The van der Waals surface area contributed by atoms with Gasteiger partial charge in [0.25, 0.3) is 5.56 Å². The summed E-state index contributed by atoms with van der Waals surface area (Å²) in [5.41, 5.74) is -0.926. The summed E-state index contributed by atoms with van der Waals surface area (Å²) in [6.45, 7) is 0. The zero-order valence-electron chi connectivity index (χ0n) is 12.2. The molecule has 0 unspecified atom stereocenters. The van der Waals surface area contributed by atoms with Gasteiger partial charge in [-0.15, -0.1) is 0 Å². The van der Waals surface area contributed by atoms with Crippen LogP contribution in [0.25, 0.3) is 0 Å². The van der Waals surface area contributed by atoms with Gasteiger partial charge in [0, 0.05) is 31.4 Å². The topological polar surface area (TPSA) is 85.8 Å². The molecule has 116 valence electrons. The van der Waals surface area contributed by atoms with Crippen molar-refractivity contribution in [1.82, 2.24) is 9.13 Å². The maximum absolute atomic E-state index is 12.0. The molecular weight excluding hydrogens is 310 g/mol. The van der Waals surface area contributed by atoms with Gasteiger partial charge in [0.15, 0.2) is 0 Å². The second kappa shape index (κ2) is 6.07. The highest BCUT2D eigenvalue weighted by molar-refractivity contribution is 6.30. The summed E-state index contributed by atoms with van der Waals surface area (Å²) in [7, 11) is 4.15. The van der Waals surface area contributed by atoms with Gasteiger partial charge in [0.05, 0.1) is 7.11 Å². The van der Waals surface area contributed by atoms with Crippen molar-refractivity contribution < 1.29 is 9.84 Å². The minimum absolute atomic E-state index is 0.0957. The number of rotatable bonds is 3. The molecule has 0 fully saturated rings. The molecule has 1 N–H and O–H groups in total. The normalized spacial score (nSPS) is 11.1. The second-order valence-electron chi connectivity index (χ2n) is 4.52. The minimum atomic E-state index is -0.641. The van der Waals surface area contributed by atoms with Crippen LogP contribution in [0.5, 0.6) is 11.6 Å². The van der Waals surface area contributed by atoms with Crippen molar-refractivity contribution in [1.29, 1.82) is 0 Å². The Balaban J connectivity index is 2.57. The van der Waals surface area contributed by atoms with Gasteiger partial charge in [0.1, 0.15) is 17.0 Å². The lowest BCUT2D eigenvalue weighted by atomic mass is 10.3. The molecule has 7 nitrogen and oxygen atoms in total. The third kappa shape index (κ3) is 2.75. The van der Waals surface area contributed by atoms with Gasteiger partial charge in [-0.2, -0.15) is 0 Å². The first-order valence-electron chi connectivity index (χ1n) is 6.23. The van der Waals surface area contributed by atoms with Crippen molar-refractivity contribution in [2.24, 2.45) is 19.1 Å². The van der Waals surface area contributed by atoms with E-state index >= 15 is 0 Å². The molecule has 0 saturated carbocycles. The van der Waals surface area contributed by atoms with Crippen LogP contribution in [0.1, 0.15) is 5.56 Å². The Labute approximate surface area is 130 Å². The van der Waals surface area contributed by atoms with Crippen molar-refractivity contribution >= 4 is 23.5 Å². The average molecular weight is 324 g/mol. The van der Waals surface area contributed by atoms with Crippen LogP contribution >= 0.6 is 11.6 Å². The molecule has 0 aliphatic carbocycles. The van der Waals surface area contributed by atoms with E-state index in [1.54, 1.807) is 18.2 Å². The summed E-state index contributed by atoms with van der Waals surface area (Å²) in [6, 6.07) is 4.81. The molecule has 2 rings (SSSR count). The molecule has 8 heteroatoms. The third-order valence-electron chi connectivity index (χ3n) is 3.14. The maximum Gasteiger partial charge on any atom is 0.333 e. The van der Waals surface area contributed by atoms with Crippen LogP contribution in [0, 0.1) is 0 Å². The van der Waals surface area contributed by atoms with Gasteiger partial charge < -0.3 is 9.84 Å². The van der Waals surface area contributed by atoms with Crippen LogP contribution in [0.4, 0.5) is 5.69 Å². The van der Waals surface area contributed by atoms with E-state index in [0.717, 1.165) is 9.13 Å². The second-order valence-corrected chi connectivity index (χ2v) is 4.95. The van der Waals surface area contributed by atoms with Crippen LogP contribution < -0.4 is 16.0 Å². The van der Waals surface area contributed by atoms with Crippen molar-refractivity contribution in [3.63, 3.8) is 0 Å². The molecule has 0 aliphatic rings. The Hall–Kier alpha value is -2.54. The molecule has 0 bridgehead atoms. The number of halogens is 1. The standard InChI is InChI=1S/C14H14ClN3O4/c1-17-12(19)9(13(20)18(2)14(17)21)7-16-10-5-4-8(15)6-11(10)22-3/h4-7,19H,1-3H3. The maximum atomic E-state index is 12.0. The zero-order chi connectivity index (χ0) is 16.4. The lowest BCUT2D eigenvalue weighted by Gasteiger charge is -2.07. The van der Waals surface area contributed by atoms with Crippen molar-refractivity contribution in [2.45, 2.75) is 0 Å². The highest BCUT2D eigenvalue weighted by Crippen LogP contribution is 2.30. The molecule has 0 saturated heterocycles. The summed E-state index contributed by atoms with van der Waals surface area (Å²) >= 11 is 5.86. The molecule has 0 amide bonds. The average Bonchev–Trinajstić information content (AvgIpc) is 2.52. The third-order valence-corrected chi connectivity index (χ3v) is 3.38. The molecule has 22 heavy (non-hydrogen) atoms. The fourth-order valence-electron chi connectivity index (χ4n) is 1.86. The van der Waals surface area contributed by atoms with E-state index < -0.39 is 17.1 Å². The van der Waals surface area contributed by atoms with Crippen LogP contribution in [0.2, 0.25) is 5.02 Å². The number of aromatic nitrogens is 2. The minimum Gasteiger partial charge on any atom is -0.494 e. The predicted octanol–water partition coefficient (Wildman–Crippen LogP) is 1.20. The smallest absolute Gasteiger partial charge is 0.333 e. The van der Waals surface area contributed by atoms with Gasteiger partial charge >= 0.3 is 5.69 Å². The fraction of sp³-hybridized carbons (Fsp3) is 0.214. The fourth-order valence-corrected chi connectivity index (χ4v) is 2.03. The Kier molecular flexibility index (Phi) is 4.37. The number of hydrogen-bond donors (Lipinski definition) is 1. The first-order valence-corrected chi connectivity index (χ1v) is 6.61. The number of benzene rings is 1. The lowest BCUT2D eigenvalue weighted by molar-refractivity contribution is 0.410. The number of hydrogen-bond acceptors (Lipinski definition) is 5. The van der Waals surface area contributed by atoms with Crippen LogP contribution in [-0.4, -0.2) is 27.6 Å². The van der Waals surface area contributed by atoms with E-state index in [1.807, 2.05) is 0 Å². The zero-order valence-corrected chi connectivity index (χ0v) is 13.0. The highest BCUT2D eigenvalue weighted by atomic mass is 35.5. The molecule has 0 radical (unpaired) electrons. The Bertz CT molecular complexity index is 868. The monoisotopic (exact) mass is 323 g/mol. The van der Waals surface area contributed by atoms with Gasteiger partial charge in [-0.3, -0.25) is 18.9 Å². The van der Waals surface area contributed by atoms with Crippen molar-refractivity contribution in [2.75, 3.05) is 7.11 Å². The molecule has 1 heterocycles. The van der Waals surface area contributed by atoms with Gasteiger partial charge in [0.2, 0.25) is 5.88 Å². The molecular formula is C14H14ClN3O4. The lowest BCUT2D eigenvalue weighted by Crippen LogP contribution is -2.38. The Morgan fingerprint density at radius 2 is 1.95 bits per heavy atom. The summed E-state index contributed by atoms with van der Waals surface area (Å²) < 4.78 is 6.99. The van der Waals surface area contributed by atoms with Gasteiger partial charge in [-0.25, -0.2) is 4.79 Å². The SMILES string of the molecule is COc1cc(Cl)ccc1N=Cc1c(O)n(C)c(=O)n(C)c1=O. The van der Waals surface area contributed by atoms with Crippen LogP contribution in [0.3, 0.4) is 0 Å². The quantitative estimate of drug-likeness (QED) is 0.860. The van der Waals surface area contributed by atoms with Crippen molar-refractivity contribution in [3.05, 3.63) is 49.6 Å². The summed E-state index contributed by atoms with van der Waals surface area (Å²) in [4.78, 5) is 27.8. The molecule has 0 spiro atoms. The highest BCUT2D eigenvalue weighted by Gasteiger charge is 2.13. The first kappa shape index (κ1) is 15.8. The van der Waals surface area contributed by atoms with Crippen molar-refractivity contribution in [3.8, 4) is 11.6 Å². The van der Waals surface area contributed by atoms with E-state index in [1.165, 1.54) is 27.4 Å². The predicted molar refractivity (Wildman–Crippen MR) is 83.8 cm³/mol. The largest absolute Gasteiger partial charge is 0.494 e. The molecule has 0 atom stereocenters. The molecule has 2 aromatic rings. The van der Waals surface area contributed by atoms with E-state index in [9.17, 15) is 14.7 Å². The number of nitrogens with zero attached hydrogens (tertiary/aromatic N) is 3. The molecule has 0 aliphatic heterocycles. The molecule has 1 aromatic carbocycles. The number of aromatic hydroxyl groups is 1. The van der Waals surface area contributed by atoms with Gasteiger partial charge in [-0.1, -0.05) is 11.6 Å². The Morgan fingerprint density at radius 3 is 2.59 bits per heavy atom. The van der Waals surface area contributed by atoms with E-state index in [2.05, 4.69) is 4.99 Å². The Morgan fingerprint density at radius 1 is 1.27 bits per heavy atom.